The highest BCUT2D eigenvalue weighted by Crippen LogP contribution is 2.43. The summed E-state index contributed by atoms with van der Waals surface area (Å²) in [5.74, 6) is 1.48. The van der Waals surface area contributed by atoms with Crippen LogP contribution in [-0.2, 0) is 0 Å². The maximum Gasteiger partial charge on any atom is 0.187 e. The Hall–Kier alpha value is -0.650. The van der Waals surface area contributed by atoms with Gasteiger partial charge < -0.3 is 10.4 Å². The Morgan fingerprint density at radius 3 is 2.79 bits per heavy atom. The van der Waals surface area contributed by atoms with Gasteiger partial charge in [0.15, 0.2) is 5.16 Å². The van der Waals surface area contributed by atoms with Crippen molar-refractivity contribution in [3.8, 4) is 0 Å². The number of rotatable bonds is 7. The number of aliphatic hydroxyl groups is 1. The molecule has 1 aromatic heterocycles. The molecule has 0 radical (unpaired) electrons. The van der Waals surface area contributed by atoms with Crippen molar-refractivity contribution in [2.45, 2.75) is 49.3 Å². The van der Waals surface area contributed by atoms with Crippen LogP contribution in [0.2, 0.25) is 0 Å². The monoisotopic (exact) mass is 279 g/mol. The maximum atomic E-state index is 9.88. The zero-order chi connectivity index (χ0) is 13.3. The third kappa shape index (κ3) is 3.27. The number of thioether (sulfide) groups is 1. The van der Waals surface area contributed by atoms with Crippen LogP contribution in [0.4, 0.5) is 0 Å². The van der Waals surface area contributed by atoms with Crippen LogP contribution >= 0.6 is 11.8 Å². The van der Waals surface area contributed by atoms with Crippen LogP contribution in [-0.4, -0.2) is 39.0 Å². The molecule has 2 aliphatic rings. The maximum absolute atomic E-state index is 9.88. The Bertz CT molecular complexity index is 448. The predicted molar refractivity (Wildman–Crippen MR) is 76.2 cm³/mol. The van der Waals surface area contributed by atoms with E-state index in [0.29, 0.717) is 12.0 Å². The van der Waals surface area contributed by atoms with Gasteiger partial charge in [0.25, 0.3) is 0 Å². The topological polar surface area (TPSA) is 58.0 Å². The summed E-state index contributed by atoms with van der Waals surface area (Å²) in [6, 6.07) is 2.53. The first-order valence-electron chi connectivity index (χ1n) is 7.03. The van der Waals surface area contributed by atoms with E-state index in [-0.39, 0.29) is 12.1 Å². The van der Waals surface area contributed by atoms with Gasteiger partial charge in [0, 0.05) is 23.7 Å². The molecule has 4 nitrogen and oxygen atoms in total. The van der Waals surface area contributed by atoms with Crippen LogP contribution in [0.1, 0.15) is 31.4 Å². The van der Waals surface area contributed by atoms with Crippen molar-refractivity contribution < 1.29 is 5.11 Å². The standard InChI is InChI=1S/C14H21N3OS/c1-10-6-7-15-13(16-10)19-9-14(8-18,11-2-3-11)17-12-4-5-12/h6-7,11-12,17-18H,2-5,8-9H2,1H3. The molecule has 19 heavy (non-hydrogen) atoms. The summed E-state index contributed by atoms with van der Waals surface area (Å²) in [4.78, 5) is 8.72. The van der Waals surface area contributed by atoms with Gasteiger partial charge >= 0.3 is 0 Å². The smallest absolute Gasteiger partial charge is 0.187 e. The highest BCUT2D eigenvalue weighted by atomic mass is 32.2. The summed E-state index contributed by atoms with van der Waals surface area (Å²) in [5.41, 5.74) is 0.868. The van der Waals surface area contributed by atoms with Gasteiger partial charge in [-0.3, -0.25) is 0 Å². The SMILES string of the molecule is Cc1ccnc(SCC(CO)(NC2CC2)C2CC2)n1. The molecular weight excluding hydrogens is 258 g/mol. The van der Waals surface area contributed by atoms with Crippen LogP contribution < -0.4 is 5.32 Å². The molecule has 1 heterocycles. The lowest BCUT2D eigenvalue weighted by atomic mass is 9.96. The molecule has 2 saturated carbocycles. The Kier molecular flexibility index (Phi) is 3.78. The molecule has 1 aromatic rings. The van der Waals surface area contributed by atoms with Gasteiger partial charge in [0.1, 0.15) is 0 Å². The largest absolute Gasteiger partial charge is 0.394 e. The fourth-order valence-corrected chi connectivity index (χ4v) is 3.60. The normalized spacial score (nSPS) is 22.2. The Morgan fingerprint density at radius 2 is 2.21 bits per heavy atom. The molecule has 0 amide bonds. The first kappa shape index (κ1) is 13.3. The number of nitrogens with one attached hydrogen (secondary N) is 1. The van der Waals surface area contributed by atoms with Crippen molar-refractivity contribution >= 4 is 11.8 Å². The average molecular weight is 279 g/mol. The molecule has 104 valence electrons. The number of aliphatic hydroxyl groups excluding tert-OH is 1. The van der Waals surface area contributed by atoms with Gasteiger partial charge in [-0.15, -0.1) is 0 Å². The van der Waals surface area contributed by atoms with Crippen LogP contribution in [0.15, 0.2) is 17.4 Å². The fourth-order valence-electron chi connectivity index (χ4n) is 2.46. The highest BCUT2D eigenvalue weighted by molar-refractivity contribution is 7.99. The van der Waals surface area contributed by atoms with Gasteiger partial charge in [-0.2, -0.15) is 0 Å². The number of hydrogen-bond acceptors (Lipinski definition) is 5. The fraction of sp³-hybridized carbons (Fsp3) is 0.714. The minimum absolute atomic E-state index is 0.126. The van der Waals surface area contributed by atoms with Crippen LogP contribution in [0.5, 0.6) is 0 Å². The van der Waals surface area contributed by atoms with Crippen LogP contribution in [0.3, 0.4) is 0 Å². The third-order valence-corrected chi connectivity index (χ3v) is 5.06. The van der Waals surface area contributed by atoms with Gasteiger partial charge in [-0.1, -0.05) is 11.8 Å². The minimum atomic E-state index is -0.126. The van der Waals surface area contributed by atoms with E-state index in [1.54, 1.807) is 18.0 Å². The summed E-state index contributed by atoms with van der Waals surface area (Å²) >= 11 is 1.66. The van der Waals surface area contributed by atoms with E-state index in [1.807, 2.05) is 13.0 Å². The lowest BCUT2D eigenvalue weighted by Gasteiger charge is -2.33. The lowest BCUT2D eigenvalue weighted by molar-refractivity contribution is 0.157. The van der Waals surface area contributed by atoms with E-state index in [9.17, 15) is 5.11 Å². The molecule has 0 bridgehead atoms. The van der Waals surface area contributed by atoms with Gasteiger partial charge in [-0.05, 0) is 44.6 Å². The Labute approximate surface area is 118 Å². The van der Waals surface area contributed by atoms with E-state index >= 15 is 0 Å². The molecular formula is C14H21N3OS. The van der Waals surface area contributed by atoms with Crippen molar-refractivity contribution in [1.82, 2.24) is 15.3 Å². The highest BCUT2D eigenvalue weighted by Gasteiger charge is 2.47. The minimum Gasteiger partial charge on any atom is -0.394 e. The molecule has 0 spiro atoms. The molecule has 2 aliphatic carbocycles. The second kappa shape index (κ2) is 5.38. The molecule has 2 fully saturated rings. The van der Waals surface area contributed by atoms with Crippen molar-refractivity contribution in [2.24, 2.45) is 5.92 Å². The Morgan fingerprint density at radius 1 is 1.42 bits per heavy atom. The molecule has 3 rings (SSSR count). The molecule has 1 atom stereocenters. The molecule has 2 N–H and O–H groups in total. The number of nitrogens with zero attached hydrogens (tertiary/aromatic N) is 2. The van der Waals surface area contributed by atoms with E-state index in [2.05, 4.69) is 15.3 Å². The number of hydrogen-bond donors (Lipinski definition) is 2. The first-order chi connectivity index (χ1) is 9.22. The Balaban J connectivity index is 1.66. The third-order valence-electron chi connectivity index (χ3n) is 3.94. The molecule has 0 aliphatic heterocycles. The summed E-state index contributed by atoms with van der Waals surface area (Å²) < 4.78 is 0. The summed E-state index contributed by atoms with van der Waals surface area (Å²) in [7, 11) is 0. The van der Waals surface area contributed by atoms with Crippen LogP contribution in [0.25, 0.3) is 0 Å². The van der Waals surface area contributed by atoms with Crippen molar-refractivity contribution in [3.63, 3.8) is 0 Å². The average Bonchev–Trinajstić information content (AvgIpc) is 3.27. The number of aryl methyl sites for hydroxylation is 1. The molecule has 1 unspecified atom stereocenters. The lowest BCUT2D eigenvalue weighted by Crippen LogP contribution is -2.53. The van der Waals surface area contributed by atoms with E-state index < -0.39 is 0 Å². The first-order valence-corrected chi connectivity index (χ1v) is 8.01. The van der Waals surface area contributed by atoms with E-state index in [4.69, 9.17) is 0 Å². The van der Waals surface area contributed by atoms with Crippen molar-refractivity contribution in [2.75, 3.05) is 12.4 Å². The van der Waals surface area contributed by atoms with Crippen molar-refractivity contribution in [3.05, 3.63) is 18.0 Å². The zero-order valence-electron chi connectivity index (χ0n) is 11.3. The van der Waals surface area contributed by atoms with Gasteiger partial charge in [-0.25, -0.2) is 9.97 Å². The summed E-state index contributed by atoms with van der Waals surface area (Å²) in [6.07, 6.45) is 6.77. The van der Waals surface area contributed by atoms with Crippen molar-refractivity contribution in [1.29, 1.82) is 0 Å². The summed E-state index contributed by atoms with van der Waals surface area (Å²) in [6.45, 7) is 2.20. The zero-order valence-corrected chi connectivity index (χ0v) is 12.1. The molecule has 0 saturated heterocycles. The molecule has 0 aromatic carbocycles. The summed E-state index contributed by atoms with van der Waals surface area (Å²) in [5, 5.41) is 14.4. The van der Waals surface area contributed by atoms with E-state index in [0.717, 1.165) is 16.6 Å². The van der Waals surface area contributed by atoms with Gasteiger partial charge in [0.05, 0.1) is 12.1 Å². The van der Waals surface area contributed by atoms with Crippen LogP contribution in [0, 0.1) is 12.8 Å². The predicted octanol–water partition coefficient (Wildman–Crippen LogP) is 1.77. The molecule has 5 heteroatoms. The second-order valence-corrected chi connectivity index (χ2v) is 6.72. The van der Waals surface area contributed by atoms with E-state index in [1.165, 1.54) is 25.7 Å². The number of aromatic nitrogens is 2. The quantitative estimate of drug-likeness (QED) is 0.588. The van der Waals surface area contributed by atoms with Gasteiger partial charge in [0.2, 0.25) is 0 Å². The second-order valence-electron chi connectivity index (χ2n) is 5.78.